The minimum Gasteiger partial charge on any atom is -0.368 e. The fraction of sp³-hybridized carbons (Fsp3) is 0.643. The van der Waals surface area contributed by atoms with Crippen LogP contribution in [0, 0.1) is 5.92 Å². The maximum absolute atomic E-state index is 12.2. The van der Waals surface area contributed by atoms with Gasteiger partial charge in [-0.15, -0.1) is 11.3 Å². The number of nitrogens with zero attached hydrogens (tertiary/aromatic N) is 1. The molecule has 1 aliphatic carbocycles. The first kappa shape index (κ1) is 13.6. The van der Waals surface area contributed by atoms with E-state index in [0.717, 1.165) is 6.61 Å². The number of hydrogen-bond donors (Lipinski definition) is 0. The van der Waals surface area contributed by atoms with Crippen LogP contribution in [0.15, 0.2) is 17.5 Å². The van der Waals surface area contributed by atoms with Crippen molar-refractivity contribution in [3.8, 4) is 0 Å². The van der Waals surface area contributed by atoms with E-state index in [-0.39, 0.29) is 18.1 Å². The number of carbonyl (C=O) groups is 1. The third kappa shape index (κ3) is 3.33. The summed E-state index contributed by atoms with van der Waals surface area (Å²) in [5, 5.41) is 2.04. The number of amides is 1. The molecular weight excluding hydrogens is 246 g/mol. The molecule has 0 spiro atoms. The van der Waals surface area contributed by atoms with Crippen molar-refractivity contribution in [2.75, 3.05) is 13.7 Å². The smallest absolute Gasteiger partial charge is 0.251 e. The van der Waals surface area contributed by atoms with Gasteiger partial charge in [-0.05, 0) is 44.1 Å². The van der Waals surface area contributed by atoms with E-state index in [0.29, 0.717) is 5.92 Å². The summed E-state index contributed by atoms with van der Waals surface area (Å²) >= 11 is 1.68. The Labute approximate surface area is 113 Å². The van der Waals surface area contributed by atoms with Crippen LogP contribution in [-0.4, -0.2) is 30.6 Å². The molecule has 1 aromatic heterocycles. The van der Waals surface area contributed by atoms with E-state index in [4.69, 9.17) is 4.74 Å². The van der Waals surface area contributed by atoms with Crippen LogP contribution < -0.4 is 0 Å². The van der Waals surface area contributed by atoms with Crippen molar-refractivity contribution in [3.63, 3.8) is 0 Å². The van der Waals surface area contributed by atoms with Crippen molar-refractivity contribution in [2.45, 2.75) is 38.8 Å². The summed E-state index contributed by atoms with van der Waals surface area (Å²) in [5.41, 5.74) is 0. The predicted octanol–water partition coefficient (Wildman–Crippen LogP) is 3.08. The molecule has 1 fully saturated rings. The van der Waals surface area contributed by atoms with Crippen LogP contribution >= 0.6 is 11.3 Å². The van der Waals surface area contributed by atoms with E-state index in [1.165, 1.54) is 17.7 Å². The van der Waals surface area contributed by atoms with Crippen molar-refractivity contribution in [2.24, 2.45) is 5.92 Å². The molecule has 2 rings (SSSR count). The molecule has 0 N–H and O–H groups in total. The second-order valence-electron chi connectivity index (χ2n) is 5.06. The van der Waals surface area contributed by atoms with Crippen LogP contribution in [0.25, 0.3) is 0 Å². The molecule has 0 bridgehead atoms. The third-order valence-corrected chi connectivity index (χ3v) is 4.55. The Morgan fingerprint density at radius 2 is 2.28 bits per heavy atom. The Kier molecular flexibility index (Phi) is 4.40. The number of ether oxygens (including phenoxy) is 1. The van der Waals surface area contributed by atoms with Gasteiger partial charge in [0.1, 0.15) is 6.10 Å². The highest BCUT2D eigenvalue weighted by Gasteiger charge is 2.27. The Morgan fingerprint density at radius 1 is 1.56 bits per heavy atom. The maximum atomic E-state index is 12.2. The second kappa shape index (κ2) is 5.85. The molecule has 0 radical (unpaired) electrons. The average Bonchev–Trinajstić information content (AvgIpc) is 3.05. The van der Waals surface area contributed by atoms with Crippen LogP contribution in [-0.2, 0) is 9.53 Å². The molecule has 1 saturated carbocycles. The average molecular weight is 267 g/mol. The predicted molar refractivity (Wildman–Crippen MR) is 73.6 cm³/mol. The molecule has 1 heterocycles. The molecule has 1 aromatic rings. The summed E-state index contributed by atoms with van der Waals surface area (Å²) in [6, 6.07) is 4.20. The van der Waals surface area contributed by atoms with Crippen molar-refractivity contribution in [3.05, 3.63) is 22.4 Å². The van der Waals surface area contributed by atoms with Crippen LogP contribution in [0.3, 0.4) is 0 Å². The molecule has 0 aromatic carbocycles. The number of hydrogen-bond acceptors (Lipinski definition) is 3. The molecular formula is C14H21NO2S. The molecule has 100 valence electrons. The van der Waals surface area contributed by atoms with Gasteiger partial charge in [0.15, 0.2) is 0 Å². The van der Waals surface area contributed by atoms with Gasteiger partial charge in [0, 0.05) is 11.9 Å². The van der Waals surface area contributed by atoms with E-state index in [1.54, 1.807) is 16.2 Å². The lowest BCUT2D eigenvalue weighted by molar-refractivity contribution is -0.143. The molecule has 1 aliphatic rings. The summed E-state index contributed by atoms with van der Waals surface area (Å²) in [6.45, 7) is 4.63. The SMILES string of the molecule is CC(OCC1CC1)C(=O)N(C)C(C)c1cccs1. The minimum absolute atomic E-state index is 0.0663. The summed E-state index contributed by atoms with van der Waals surface area (Å²) in [4.78, 5) is 15.2. The molecule has 4 heteroatoms. The van der Waals surface area contributed by atoms with Gasteiger partial charge in [-0.25, -0.2) is 0 Å². The lowest BCUT2D eigenvalue weighted by atomic mass is 10.2. The third-order valence-electron chi connectivity index (χ3n) is 3.51. The van der Waals surface area contributed by atoms with E-state index >= 15 is 0 Å². The summed E-state index contributed by atoms with van der Waals surface area (Å²) < 4.78 is 5.63. The fourth-order valence-corrected chi connectivity index (χ4v) is 2.66. The lowest BCUT2D eigenvalue weighted by Crippen LogP contribution is -2.38. The zero-order chi connectivity index (χ0) is 13.1. The lowest BCUT2D eigenvalue weighted by Gasteiger charge is -2.27. The van der Waals surface area contributed by atoms with Crippen molar-refractivity contribution >= 4 is 17.2 Å². The highest BCUT2D eigenvalue weighted by Crippen LogP contribution is 2.29. The fourth-order valence-electron chi connectivity index (χ4n) is 1.83. The van der Waals surface area contributed by atoms with Crippen LogP contribution in [0.1, 0.15) is 37.6 Å². The van der Waals surface area contributed by atoms with E-state index in [9.17, 15) is 4.79 Å². The summed E-state index contributed by atoms with van der Waals surface area (Å²) in [6.07, 6.45) is 2.17. The summed E-state index contributed by atoms with van der Waals surface area (Å²) in [5.74, 6) is 0.761. The van der Waals surface area contributed by atoms with Gasteiger partial charge < -0.3 is 9.64 Å². The van der Waals surface area contributed by atoms with Crippen molar-refractivity contribution in [1.82, 2.24) is 4.90 Å². The highest BCUT2D eigenvalue weighted by molar-refractivity contribution is 7.10. The Bertz CT molecular complexity index is 387. The van der Waals surface area contributed by atoms with Crippen molar-refractivity contribution in [1.29, 1.82) is 0 Å². The van der Waals surface area contributed by atoms with E-state index in [2.05, 4.69) is 13.0 Å². The first-order valence-electron chi connectivity index (χ1n) is 6.51. The topological polar surface area (TPSA) is 29.5 Å². The molecule has 18 heavy (non-hydrogen) atoms. The molecule has 2 unspecified atom stereocenters. The first-order valence-corrected chi connectivity index (χ1v) is 7.39. The van der Waals surface area contributed by atoms with Gasteiger partial charge in [0.05, 0.1) is 12.6 Å². The minimum atomic E-state index is -0.335. The molecule has 2 atom stereocenters. The molecule has 0 aliphatic heterocycles. The summed E-state index contributed by atoms with van der Waals surface area (Å²) in [7, 11) is 1.85. The van der Waals surface area contributed by atoms with Gasteiger partial charge in [0.25, 0.3) is 5.91 Å². The number of rotatable bonds is 6. The normalized spacial score (nSPS) is 18.4. The number of thiophene rings is 1. The highest BCUT2D eigenvalue weighted by atomic mass is 32.1. The van der Waals surface area contributed by atoms with Gasteiger partial charge in [-0.3, -0.25) is 4.79 Å². The zero-order valence-corrected chi connectivity index (χ0v) is 12.1. The van der Waals surface area contributed by atoms with Crippen LogP contribution in [0.2, 0.25) is 0 Å². The zero-order valence-electron chi connectivity index (χ0n) is 11.3. The van der Waals surface area contributed by atoms with E-state index < -0.39 is 0 Å². The van der Waals surface area contributed by atoms with Crippen molar-refractivity contribution < 1.29 is 9.53 Å². The Balaban J connectivity index is 1.86. The van der Waals surface area contributed by atoms with Crippen LogP contribution in [0.4, 0.5) is 0 Å². The maximum Gasteiger partial charge on any atom is 0.251 e. The van der Waals surface area contributed by atoms with E-state index in [1.807, 2.05) is 25.4 Å². The largest absolute Gasteiger partial charge is 0.368 e. The standard InChI is InChI=1S/C14H21NO2S/c1-10(13-5-4-8-18-13)15(3)14(16)11(2)17-9-12-6-7-12/h4-5,8,10-12H,6-7,9H2,1-3H3. The molecule has 3 nitrogen and oxygen atoms in total. The van der Waals surface area contributed by atoms with Crippen LogP contribution in [0.5, 0.6) is 0 Å². The monoisotopic (exact) mass is 267 g/mol. The quantitative estimate of drug-likeness (QED) is 0.792. The molecule has 0 saturated heterocycles. The molecule has 1 amide bonds. The first-order chi connectivity index (χ1) is 8.59. The van der Waals surface area contributed by atoms with Gasteiger partial charge in [-0.1, -0.05) is 6.07 Å². The van der Waals surface area contributed by atoms with Gasteiger partial charge in [-0.2, -0.15) is 0 Å². The number of likely N-dealkylation sites (N-methyl/N-ethyl adjacent to an activating group) is 1. The Hall–Kier alpha value is -0.870. The Morgan fingerprint density at radius 3 is 2.83 bits per heavy atom. The van der Waals surface area contributed by atoms with Gasteiger partial charge in [0.2, 0.25) is 0 Å². The van der Waals surface area contributed by atoms with Gasteiger partial charge >= 0.3 is 0 Å². The number of carbonyl (C=O) groups excluding carboxylic acids is 1. The second-order valence-corrected chi connectivity index (χ2v) is 6.04.